The van der Waals surface area contributed by atoms with Crippen LogP contribution < -0.4 is 9.62 Å². The molecular weight excluding hydrogens is 392 g/mol. The average molecular weight is 409 g/mol. The highest BCUT2D eigenvalue weighted by Gasteiger charge is 2.15. The molecule has 0 saturated heterocycles. The maximum Gasteiger partial charge on any atom is 0.265 e. The molecular formula is C18H17ClN2O3S2. The lowest BCUT2D eigenvalue weighted by Gasteiger charge is -2.16. The average Bonchev–Trinajstić information content (AvgIpc) is 2.99. The molecule has 1 amide bonds. The molecule has 0 spiro atoms. The number of benzene rings is 2. The number of thiophene rings is 1. The van der Waals surface area contributed by atoms with Gasteiger partial charge in [0, 0.05) is 22.5 Å². The van der Waals surface area contributed by atoms with Crippen LogP contribution in [0.5, 0.6) is 0 Å². The van der Waals surface area contributed by atoms with E-state index in [4.69, 9.17) is 11.6 Å². The second kappa shape index (κ2) is 6.90. The summed E-state index contributed by atoms with van der Waals surface area (Å²) in [6.45, 7) is 1.87. The molecule has 0 atom stereocenters. The molecule has 0 aliphatic carbocycles. The second-order valence-corrected chi connectivity index (χ2v) is 9.51. The minimum atomic E-state index is -3.34. The van der Waals surface area contributed by atoms with Crippen molar-refractivity contribution in [1.82, 2.24) is 0 Å². The van der Waals surface area contributed by atoms with Gasteiger partial charge in [-0.15, -0.1) is 11.3 Å². The number of aryl methyl sites for hydroxylation is 1. The number of carbonyl (C=O) groups is 1. The van der Waals surface area contributed by atoms with Crippen molar-refractivity contribution >= 4 is 60.3 Å². The van der Waals surface area contributed by atoms with Crippen LogP contribution >= 0.6 is 22.9 Å². The summed E-state index contributed by atoms with van der Waals surface area (Å²) in [5.41, 5.74) is 2.14. The van der Waals surface area contributed by atoms with Crippen LogP contribution in [-0.2, 0) is 10.0 Å². The zero-order chi connectivity index (χ0) is 19.1. The number of rotatable bonds is 4. The highest BCUT2D eigenvalue weighted by atomic mass is 35.5. The molecule has 0 bridgehead atoms. The zero-order valence-electron chi connectivity index (χ0n) is 14.4. The lowest BCUT2D eigenvalue weighted by molar-refractivity contribution is 0.103. The Bertz CT molecular complexity index is 1110. The first-order chi connectivity index (χ1) is 12.1. The van der Waals surface area contributed by atoms with E-state index in [0.29, 0.717) is 21.3 Å². The molecule has 0 unspecified atom stereocenters. The Morgan fingerprint density at radius 1 is 1.15 bits per heavy atom. The van der Waals surface area contributed by atoms with E-state index >= 15 is 0 Å². The van der Waals surface area contributed by atoms with Crippen LogP contribution in [0.25, 0.3) is 10.1 Å². The van der Waals surface area contributed by atoms with Crippen molar-refractivity contribution in [1.29, 1.82) is 0 Å². The molecule has 2 aromatic carbocycles. The molecule has 136 valence electrons. The Labute approximate surface area is 161 Å². The number of anilines is 2. The summed E-state index contributed by atoms with van der Waals surface area (Å²) in [6.07, 6.45) is 1.15. The number of hydrogen-bond acceptors (Lipinski definition) is 4. The normalized spacial score (nSPS) is 11.5. The van der Waals surface area contributed by atoms with E-state index in [9.17, 15) is 13.2 Å². The van der Waals surface area contributed by atoms with Gasteiger partial charge in [-0.2, -0.15) is 0 Å². The fourth-order valence-electron chi connectivity index (χ4n) is 2.48. The first-order valence-corrected chi connectivity index (χ1v) is 10.7. The number of carbonyl (C=O) groups excluding carboxylic acids is 1. The van der Waals surface area contributed by atoms with Gasteiger partial charge in [-0.3, -0.25) is 9.10 Å². The third-order valence-electron chi connectivity index (χ3n) is 4.02. The molecule has 3 rings (SSSR count). The fourth-order valence-corrected chi connectivity index (χ4v) is 4.14. The number of nitrogens with one attached hydrogen (secondary N) is 1. The van der Waals surface area contributed by atoms with E-state index in [1.807, 2.05) is 13.0 Å². The minimum Gasteiger partial charge on any atom is -0.321 e. The molecule has 3 aromatic rings. The summed E-state index contributed by atoms with van der Waals surface area (Å²) in [4.78, 5) is 13.1. The molecule has 26 heavy (non-hydrogen) atoms. The molecule has 1 N–H and O–H groups in total. The molecule has 0 radical (unpaired) electrons. The quantitative estimate of drug-likeness (QED) is 0.690. The minimum absolute atomic E-state index is 0.213. The van der Waals surface area contributed by atoms with Gasteiger partial charge in [0.2, 0.25) is 10.0 Å². The van der Waals surface area contributed by atoms with Crippen molar-refractivity contribution in [3.05, 3.63) is 57.9 Å². The first-order valence-electron chi connectivity index (χ1n) is 7.70. The third kappa shape index (κ3) is 3.85. The highest BCUT2D eigenvalue weighted by Crippen LogP contribution is 2.30. The number of nitrogens with zero attached hydrogens (tertiary/aromatic N) is 1. The van der Waals surface area contributed by atoms with Gasteiger partial charge in [0.15, 0.2) is 0 Å². The summed E-state index contributed by atoms with van der Waals surface area (Å²) in [6, 6.07) is 12.4. The van der Waals surface area contributed by atoms with Crippen molar-refractivity contribution < 1.29 is 13.2 Å². The Balaban J connectivity index is 1.90. The Hall–Kier alpha value is -2.09. The summed E-state index contributed by atoms with van der Waals surface area (Å²) in [7, 11) is -1.84. The molecule has 0 saturated carbocycles. The Morgan fingerprint density at radius 2 is 1.88 bits per heavy atom. The number of halogens is 1. The third-order valence-corrected chi connectivity index (χ3v) is 6.58. The maximum atomic E-state index is 12.6. The monoisotopic (exact) mass is 408 g/mol. The first kappa shape index (κ1) is 18.7. The van der Waals surface area contributed by atoms with Crippen LogP contribution in [0.4, 0.5) is 11.4 Å². The number of amides is 1. The summed E-state index contributed by atoms with van der Waals surface area (Å²) < 4.78 is 25.5. The molecule has 0 fully saturated rings. The predicted molar refractivity (Wildman–Crippen MR) is 109 cm³/mol. The van der Waals surface area contributed by atoms with Gasteiger partial charge < -0.3 is 5.32 Å². The number of sulfonamides is 1. The second-order valence-electron chi connectivity index (χ2n) is 5.98. The van der Waals surface area contributed by atoms with E-state index < -0.39 is 10.0 Å². The van der Waals surface area contributed by atoms with Gasteiger partial charge in [0.1, 0.15) is 0 Å². The van der Waals surface area contributed by atoms with Crippen molar-refractivity contribution in [3.8, 4) is 0 Å². The molecule has 1 heterocycles. The lowest BCUT2D eigenvalue weighted by atomic mass is 10.2. The van der Waals surface area contributed by atoms with Crippen LogP contribution in [0, 0.1) is 6.92 Å². The summed E-state index contributed by atoms with van der Waals surface area (Å²) in [5, 5.41) is 4.32. The number of fused-ring (bicyclic) bond motifs is 1. The Morgan fingerprint density at radius 3 is 2.54 bits per heavy atom. The van der Waals surface area contributed by atoms with E-state index in [1.54, 1.807) is 36.4 Å². The van der Waals surface area contributed by atoms with Crippen molar-refractivity contribution in [2.45, 2.75) is 6.92 Å². The molecule has 0 aliphatic heterocycles. The van der Waals surface area contributed by atoms with Gasteiger partial charge in [-0.25, -0.2) is 8.42 Å². The van der Waals surface area contributed by atoms with Gasteiger partial charge >= 0.3 is 0 Å². The molecule has 0 aliphatic rings. The van der Waals surface area contributed by atoms with E-state index in [0.717, 1.165) is 21.9 Å². The van der Waals surface area contributed by atoms with E-state index in [-0.39, 0.29) is 5.91 Å². The fraction of sp³-hybridized carbons (Fsp3) is 0.167. The van der Waals surface area contributed by atoms with Gasteiger partial charge in [-0.1, -0.05) is 11.6 Å². The summed E-state index contributed by atoms with van der Waals surface area (Å²) >= 11 is 7.29. The van der Waals surface area contributed by atoms with Crippen LogP contribution in [0.2, 0.25) is 5.02 Å². The van der Waals surface area contributed by atoms with Gasteiger partial charge in [0.25, 0.3) is 5.91 Å². The van der Waals surface area contributed by atoms with Crippen LogP contribution in [0.15, 0.2) is 42.5 Å². The van der Waals surface area contributed by atoms with Gasteiger partial charge in [0.05, 0.1) is 16.8 Å². The highest BCUT2D eigenvalue weighted by molar-refractivity contribution is 7.92. The largest absolute Gasteiger partial charge is 0.321 e. The van der Waals surface area contributed by atoms with Gasteiger partial charge in [-0.05, 0) is 60.3 Å². The standard InChI is InChI=1S/C18H17ClN2O3S2/c1-11-8-13(19)4-6-15(11)20-18(22)17-10-12-9-14(5-7-16(12)25-17)21(2)26(3,23)24/h4-10H,1-3H3,(H,20,22). The molecule has 1 aromatic heterocycles. The lowest BCUT2D eigenvalue weighted by Crippen LogP contribution is -2.24. The van der Waals surface area contributed by atoms with Crippen molar-refractivity contribution in [2.75, 3.05) is 22.9 Å². The van der Waals surface area contributed by atoms with Crippen LogP contribution in [0.3, 0.4) is 0 Å². The van der Waals surface area contributed by atoms with E-state index in [1.165, 1.54) is 22.7 Å². The van der Waals surface area contributed by atoms with Crippen LogP contribution in [0.1, 0.15) is 15.2 Å². The Kier molecular flexibility index (Phi) is 4.96. The molecule has 8 heteroatoms. The maximum absolute atomic E-state index is 12.6. The number of hydrogen-bond donors (Lipinski definition) is 1. The smallest absolute Gasteiger partial charge is 0.265 e. The van der Waals surface area contributed by atoms with Crippen molar-refractivity contribution in [3.63, 3.8) is 0 Å². The predicted octanol–water partition coefficient (Wildman–Crippen LogP) is 4.51. The molecule has 5 nitrogen and oxygen atoms in total. The zero-order valence-corrected chi connectivity index (χ0v) is 16.8. The topological polar surface area (TPSA) is 66.5 Å². The summed E-state index contributed by atoms with van der Waals surface area (Å²) in [5.74, 6) is -0.213. The SMILES string of the molecule is Cc1cc(Cl)ccc1NC(=O)c1cc2cc(N(C)S(C)(=O)=O)ccc2s1. The van der Waals surface area contributed by atoms with Crippen LogP contribution in [-0.4, -0.2) is 27.6 Å². The van der Waals surface area contributed by atoms with Crippen molar-refractivity contribution in [2.24, 2.45) is 0 Å². The van der Waals surface area contributed by atoms with E-state index in [2.05, 4.69) is 5.32 Å².